The van der Waals surface area contributed by atoms with Gasteiger partial charge in [0.25, 0.3) is 5.91 Å². The number of halogens is 2. The molecule has 0 bridgehead atoms. The van der Waals surface area contributed by atoms with Crippen molar-refractivity contribution in [3.8, 4) is 11.4 Å². The van der Waals surface area contributed by atoms with Crippen molar-refractivity contribution in [1.29, 1.82) is 0 Å². The standard InChI is InChI=1S/C32H31F2N3O5/c1-20(36-29(39)32(3,33)34)28(21-8-5-4-6-9-21)42-25-12-13-26-23(17-25)19-35-37(26)24-11-7-10-22(16-24)27(38)18-31(2)14-15-41-30(31)40/h4-13,16-17,19-20,28H,14-15,18H2,1-3H3,(H,36,39)/t20-,28?,31?/m0/s1. The summed E-state index contributed by atoms with van der Waals surface area (Å²) in [4.78, 5) is 37.2. The molecule has 1 amide bonds. The molecule has 1 aromatic heterocycles. The van der Waals surface area contributed by atoms with Crippen molar-refractivity contribution in [1.82, 2.24) is 15.1 Å². The van der Waals surface area contributed by atoms with E-state index in [0.717, 1.165) is 10.9 Å². The minimum Gasteiger partial charge on any atom is -0.484 e. The lowest BCUT2D eigenvalue weighted by Crippen LogP contribution is -2.46. The molecular weight excluding hydrogens is 544 g/mol. The summed E-state index contributed by atoms with van der Waals surface area (Å²) in [5.41, 5.74) is 1.78. The first kappa shape index (κ1) is 28.9. The first-order chi connectivity index (χ1) is 19.9. The van der Waals surface area contributed by atoms with E-state index in [0.29, 0.717) is 42.5 Å². The van der Waals surface area contributed by atoms with Gasteiger partial charge in [-0.15, -0.1) is 0 Å². The molecule has 5 rings (SSSR count). The fraction of sp³-hybridized carbons (Fsp3) is 0.312. The minimum atomic E-state index is -3.52. The molecule has 0 saturated carbocycles. The first-order valence-corrected chi connectivity index (χ1v) is 13.6. The molecule has 0 radical (unpaired) electrons. The van der Waals surface area contributed by atoms with Crippen LogP contribution in [0.5, 0.6) is 5.75 Å². The van der Waals surface area contributed by atoms with Crippen LogP contribution in [0.4, 0.5) is 8.78 Å². The van der Waals surface area contributed by atoms with Crippen molar-refractivity contribution in [2.45, 2.75) is 51.7 Å². The highest BCUT2D eigenvalue weighted by molar-refractivity contribution is 5.99. The molecule has 2 heterocycles. The van der Waals surface area contributed by atoms with E-state index in [1.54, 1.807) is 79.3 Å². The number of cyclic esters (lactones) is 1. The highest BCUT2D eigenvalue weighted by Gasteiger charge is 2.41. The zero-order chi connectivity index (χ0) is 30.1. The number of benzene rings is 3. The number of aromatic nitrogens is 2. The minimum absolute atomic E-state index is 0.0627. The Labute approximate surface area is 241 Å². The van der Waals surface area contributed by atoms with E-state index in [4.69, 9.17) is 9.47 Å². The van der Waals surface area contributed by atoms with Crippen LogP contribution >= 0.6 is 0 Å². The van der Waals surface area contributed by atoms with E-state index in [2.05, 4.69) is 10.4 Å². The zero-order valence-electron chi connectivity index (χ0n) is 23.5. The molecule has 1 aliphatic heterocycles. The van der Waals surface area contributed by atoms with Crippen LogP contribution in [0.25, 0.3) is 16.6 Å². The average molecular weight is 576 g/mol. The lowest BCUT2D eigenvalue weighted by molar-refractivity contribution is -0.145. The molecule has 4 aromatic rings. The van der Waals surface area contributed by atoms with Crippen LogP contribution in [0.15, 0.2) is 79.0 Å². The van der Waals surface area contributed by atoms with E-state index in [1.807, 2.05) is 18.2 Å². The van der Waals surface area contributed by atoms with E-state index in [9.17, 15) is 23.2 Å². The number of Topliss-reactive ketones (excluding diaryl/α,β-unsaturated/α-hetero) is 1. The Morgan fingerprint density at radius 2 is 1.88 bits per heavy atom. The van der Waals surface area contributed by atoms with Crippen LogP contribution in [-0.4, -0.2) is 46.0 Å². The number of carbonyl (C=O) groups is 3. The number of nitrogens with zero attached hydrogens (tertiary/aromatic N) is 2. The van der Waals surface area contributed by atoms with Gasteiger partial charge in [-0.05, 0) is 56.2 Å². The molecule has 2 unspecified atom stereocenters. The Morgan fingerprint density at radius 3 is 2.57 bits per heavy atom. The number of ether oxygens (including phenoxy) is 2. The smallest absolute Gasteiger partial charge is 0.321 e. The Bertz CT molecular complexity index is 1630. The zero-order valence-corrected chi connectivity index (χ0v) is 23.5. The van der Waals surface area contributed by atoms with Gasteiger partial charge in [0.15, 0.2) is 5.78 Å². The number of hydrogen-bond donors (Lipinski definition) is 1. The second kappa shape index (κ2) is 11.3. The van der Waals surface area contributed by atoms with Gasteiger partial charge in [0, 0.05) is 24.3 Å². The number of alkyl halides is 2. The summed E-state index contributed by atoms with van der Waals surface area (Å²) in [5.74, 6) is -4.95. The molecule has 3 atom stereocenters. The van der Waals surface area contributed by atoms with Crippen LogP contribution in [0.2, 0.25) is 0 Å². The summed E-state index contributed by atoms with van der Waals surface area (Å²) >= 11 is 0. The number of ketones is 1. The Balaban J connectivity index is 1.38. The quantitative estimate of drug-likeness (QED) is 0.189. The summed E-state index contributed by atoms with van der Waals surface area (Å²) in [6.45, 7) is 4.24. The molecular formula is C32H31F2N3O5. The second-order valence-electron chi connectivity index (χ2n) is 11.0. The molecule has 1 saturated heterocycles. The second-order valence-corrected chi connectivity index (χ2v) is 11.0. The van der Waals surface area contributed by atoms with Crippen molar-refractivity contribution in [2.24, 2.45) is 5.41 Å². The lowest BCUT2D eigenvalue weighted by atomic mass is 9.82. The SMILES string of the molecule is C[C@H](NC(=O)C(C)(F)F)C(Oc1ccc2c(cnn2-c2cccc(C(=O)CC3(C)CCOC3=O)c2)c1)c1ccccc1. The molecule has 42 heavy (non-hydrogen) atoms. The lowest BCUT2D eigenvalue weighted by Gasteiger charge is -2.27. The van der Waals surface area contributed by atoms with Gasteiger partial charge >= 0.3 is 11.9 Å². The van der Waals surface area contributed by atoms with Gasteiger partial charge in [-0.3, -0.25) is 14.4 Å². The number of nitrogens with one attached hydrogen (secondary N) is 1. The maximum atomic E-state index is 13.6. The summed E-state index contributed by atoms with van der Waals surface area (Å²) in [5, 5.41) is 7.61. The molecule has 1 N–H and O–H groups in total. The average Bonchev–Trinajstić information content (AvgIpc) is 3.53. The number of carbonyl (C=O) groups excluding carboxylic acids is 3. The summed E-state index contributed by atoms with van der Waals surface area (Å²) in [6.07, 6.45) is 1.49. The molecule has 1 aliphatic rings. The third kappa shape index (κ3) is 6.02. The number of rotatable bonds is 10. The van der Waals surface area contributed by atoms with Gasteiger partial charge in [-0.25, -0.2) is 4.68 Å². The molecule has 1 fully saturated rings. The van der Waals surface area contributed by atoms with Crippen molar-refractivity contribution in [3.05, 3.63) is 90.1 Å². The third-order valence-electron chi connectivity index (χ3n) is 7.49. The summed E-state index contributed by atoms with van der Waals surface area (Å²) in [7, 11) is 0. The van der Waals surface area contributed by atoms with E-state index in [1.165, 1.54) is 0 Å². The number of hydrogen-bond acceptors (Lipinski definition) is 6. The van der Waals surface area contributed by atoms with Gasteiger partial charge in [0.05, 0.1) is 35.5 Å². The van der Waals surface area contributed by atoms with Gasteiger partial charge in [0.2, 0.25) is 0 Å². The molecule has 8 nitrogen and oxygen atoms in total. The van der Waals surface area contributed by atoms with Crippen LogP contribution in [0.1, 0.15) is 55.6 Å². The maximum absolute atomic E-state index is 13.6. The fourth-order valence-corrected chi connectivity index (χ4v) is 5.02. The molecule has 0 spiro atoms. The van der Waals surface area contributed by atoms with Gasteiger partial charge in [0.1, 0.15) is 11.9 Å². The molecule has 10 heteroatoms. The highest BCUT2D eigenvalue weighted by Crippen LogP contribution is 2.35. The molecule has 0 aliphatic carbocycles. The van der Waals surface area contributed by atoms with Gasteiger partial charge in [-0.1, -0.05) is 42.5 Å². The molecule has 3 aromatic carbocycles. The normalized spacial score (nSPS) is 18.4. The van der Waals surface area contributed by atoms with E-state index < -0.39 is 29.4 Å². The maximum Gasteiger partial charge on any atom is 0.321 e. The first-order valence-electron chi connectivity index (χ1n) is 13.6. The van der Waals surface area contributed by atoms with Crippen LogP contribution in [0, 0.1) is 5.41 Å². The van der Waals surface area contributed by atoms with E-state index in [-0.39, 0.29) is 18.2 Å². The highest BCUT2D eigenvalue weighted by atomic mass is 19.3. The predicted molar refractivity (Wildman–Crippen MR) is 152 cm³/mol. The summed E-state index contributed by atoms with van der Waals surface area (Å²) in [6, 6.07) is 20.7. The van der Waals surface area contributed by atoms with Crippen LogP contribution in [0.3, 0.4) is 0 Å². The topological polar surface area (TPSA) is 99.5 Å². The van der Waals surface area contributed by atoms with Crippen molar-refractivity contribution in [3.63, 3.8) is 0 Å². The largest absolute Gasteiger partial charge is 0.484 e. The van der Waals surface area contributed by atoms with Crippen molar-refractivity contribution in [2.75, 3.05) is 6.61 Å². The Kier molecular flexibility index (Phi) is 7.81. The van der Waals surface area contributed by atoms with Crippen molar-refractivity contribution < 1.29 is 32.6 Å². The molecule has 218 valence electrons. The van der Waals surface area contributed by atoms with Crippen LogP contribution in [-0.2, 0) is 14.3 Å². The van der Waals surface area contributed by atoms with Crippen molar-refractivity contribution >= 4 is 28.6 Å². The number of esters is 1. The fourth-order valence-electron chi connectivity index (χ4n) is 5.02. The van der Waals surface area contributed by atoms with Gasteiger partial charge < -0.3 is 14.8 Å². The Morgan fingerprint density at radius 1 is 1.12 bits per heavy atom. The Hall–Kier alpha value is -4.60. The number of fused-ring (bicyclic) bond motifs is 1. The summed E-state index contributed by atoms with van der Waals surface area (Å²) < 4.78 is 40.2. The van der Waals surface area contributed by atoms with Gasteiger partial charge in [-0.2, -0.15) is 13.9 Å². The monoisotopic (exact) mass is 575 g/mol. The third-order valence-corrected chi connectivity index (χ3v) is 7.49. The van der Waals surface area contributed by atoms with Crippen LogP contribution < -0.4 is 10.1 Å². The van der Waals surface area contributed by atoms with E-state index >= 15 is 0 Å². The number of amides is 1. The predicted octanol–water partition coefficient (Wildman–Crippen LogP) is 5.83.